The molecule has 0 unspecified atom stereocenters. The van der Waals surface area contributed by atoms with Crippen molar-refractivity contribution in [3.8, 4) is 0 Å². The van der Waals surface area contributed by atoms with E-state index in [0.717, 1.165) is 11.6 Å². The van der Waals surface area contributed by atoms with Gasteiger partial charge in [-0.05, 0) is 24.7 Å². The van der Waals surface area contributed by atoms with E-state index in [4.69, 9.17) is 11.6 Å². The van der Waals surface area contributed by atoms with Gasteiger partial charge < -0.3 is 5.32 Å². The predicted octanol–water partition coefficient (Wildman–Crippen LogP) is 2.84. The van der Waals surface area contributed by atoms with E-state index in [1.54, 1.807) is 0 Å². The first kappa shape index (κ1) is 10.6. The smallest absolute Gasteiger partial charge is 0.0408 e. The Hall–Kier alpha value is -0.530. The minimum Gasteiger partial charge on any atom is -0.319 e. The first-order valence-corrected chi connectivity index (χ1v) is 4.85. The van der Waals surface area contributed by atoms with Crippen LogP contribution in [0, 0.1) is 0 Å². The van der Waals surface area contributed by atoms with Gasteiger partial charge in [-0.15, -0.1) is 0 Å². The standard InChI is InChI=1S/C11H16ClN/c1-11(2,8-13-3)9-5-4-6-10(12)7-9/h4-7,13H,8H2,1-3H3. The molecular formula is C11H16ClN. The summed E-state index contributed by atoms with van der Waals surface area (Å²) in [6, 6.07) is 8.04. The van der Waals surface area contributed by atoms with Gasteiger partial charge in [-0.3, -0.25) is 0 Å². The molecular weight excluding hydrogens is 182 g/mol. The van der Waals surface area contributed by atoms with Gasteiger partial charge in [0.15, 0.2) is 0 Å². The lowest BCUT2D eigenvalue weighted by atomic mass is 9.85. The summed E-state index contributed by atoms with van der Waals surface area (Å²) in [6.07, 6.45) is 0. The number of benzene rings is 1. The fourth-order valence-corrected chi connectivity index (χ4v) is 1.64. The van der Waals surface area contributed by atoms with Crippen molar-refractivity contribution in [2.45, 2.75) is 19.3 Å². The van der Waals surface area contributed by atoms with E-state index in [2.05, 4.69) is 25.2 Å². The second kappa shape index (κ2) is 4.12. The highest BCUT2D eigenvalue weighted by Gasteiger charge is 2.19. The molecule has 1 nitrogen and oxygen atoms in total. The molecule has 2 heteroatoms. The van der Waals surface area contributed by atoms with Crippen LogP contribution in [0.3, 0.4) is 0 Å². The van der Waals surface area contributed by atoms with E-state index in [9.17, 15) is 0 Å². The van der Waals surface area contributed by atoms with Crippen molar-refractivity contribution in [2.24, 2.45) is 0 Å². The van der Waals surface area contributed by atoms with Crippen LogP contribution in [0.15, 0.2) is 24.3 Å². The number of likely N-dealkylation sites (N-methyl/N-ethyl adjacent to an activating group) is 1. The molecule has 1 aromatic carbocycles. The summed E-state index contributed by atoms with van der Waals surface area (Å²) >= 11 is 5.93. The zero-order chi connectivity index (χ0) is 9.90. The maximum atomic E-state index is 5.93. The van der Waals surface area contributed by atoms with E-state index in [1.165, 1.54) is 5.56 Å². The average Bonchev–Trinajstić information content (AvgIpc) is 2.04. The number of hydrogen-bond acceptors (Lipinski definition) is 1. The largest absolute Gasteiger partial charge is 0.319 e. The average molecular weight is 198 g/mol. The monoisotopic (exact) mass is 197 g/mol. The summed E-state index contributed by atoms with van der Waals surface area (Å²) in [6.45, 7) is 5.36. The quantitative estimate of drug-likeness (QED) is 0.786. The summed E-state index contributed by atoms with van der Waals surface area (Å²) in [7, 11) is 1.96. The van der Waals surface area contributed by atoms with Crippen LogP contribution in [0.25, 0.3) is 0 Å². The van der Waals surface area contributed by atoms with Crippen LogP contribution in [0.1, 0.15) is 19.4 Å². The maximum absolute atomic E-state index is 5.93. The molecule has 1 rings (SSSR count). The summed E-state index contributed by atoms with van der Waals surface area (Å²) in [4.78, 5) is 0. The molecule has 0 bridgehead atoms. The van der Waals surface area contributed by atoms with Crippen molar-refractivity contribution in [1.29, 1.82) is 0 Å². The molecule has 72 valence electrons. The lowest BCUT2D eigenvalue weighted by Crippen LogP contribution is -2.30. The van der Waals surface area contributed by atoms with Gasteiger partial charge in [-0.1, -0.05) is 37.6 Å². The zero-order valence-corrected chi connectivity index (χ0v) is 9.15. The van der Waals surface area contributed by atoms with Crippen LogP contribution in [0.4, 0.5) is 0 Å². The van der Waals surface area contributed by atoms with Gasteiger partial charge in [0, 0.05) is 17.0 Å². The third kappa shape index (κ3) is 2.71. The Morgan fingerprint density at radius 1 is 1.38 bits per heavy atom. The van der Waals surface area contributed by atoms with E-state index in [1.807, 2.05) is 25.2 Å². The van der Waals surface area contributed by atoms with Crippen molar-refractivity contribution in [1.82, 2.24) is 5.32 Å². The van der Waals surface area contributed by atoms with E-state index >= 15 is 0 Å². The Kier molecular flexibility index (Phi) is 3.34. The minimum absolute atomic E-state index is 0.139. The Bertz CT molecular complexity index is 281. The number of halogens is 1. The molecule has 0 spiro atoms. The number of nitrogens with one attached hydrogen (secondary N) is 1. The second-order valence-corrected chi connectivity index (χ2v) is 4.36. The van der Waals surface area contributed by atoms with Crippen molar-refractivity contribution < 1.29 is 0 Å². The van der Waals surface area contributed by atoms with Crippen LogP contribution in [0.5, 0.6) is 0 Å². The molecule has 0 aromatic heterocycles. The molecule has 0 aliphatic carbocycles. The number of hydrogen-bond donors (Lipinski definition) is 1. The summed E-state index contributed by atoms with van der Waals surface area (Å²) in [5.74, 6) is 0. The third-order valence-corrected chi connectivity index (χ3v) is 2.46. The Morgan fingerprint density at radius 3 is 2.62 bits per heavy atom. The first-order valence-electron chi connectivity index (χ1n) is 4.47. The van der Waals surface area contributed by atoms with Gasteiger partial charge >= 0.3 is 0 Å². The Balaban J connectivity index is 2.93. The highest BCUT2D eigenvalue weighted by atomic mass is 35.5. The van der Waals surface area contributed by atoms with Crippen LogP contribution in [-0.2, 0) is 5.41 Å². The molecule has 1 N–H and O–H groups in total. The first-order chi connectivity index (χ1) is 6.06. The number of rotatable bonds is 3. The van der Waals surface area contributed by atoms with E-state index in [0.29, 0.717) is 0 Å². The molecule has 0 amide bonds. The van der Waals surface area contributed by atoms with Gasteiger partial charge in [0.05, 0.1) is 0 Å². The van der Waals surface area contributed by atoms with Gasteiger partial charge in [0.25, 0.3) is 0 Å². The molecule has 13 heavy (non-hydrogen) atoms. The molecule has 0 atom stereocenters. The van der Waals surface area contributed by atoms with Crippen LogP contribution in [0.2, 0.25) is 5.02 Å². The minimum atomic E-state index is 0.139. The van der Waals surface area contributed by atoms with Gasteiger partial charge in [-0.2, -0.15) is 0 Å². The van der Waals surface area contributed by atoms with E-state index < -0.39 is 0 Å². The molecule has 0 aliphatic heterocycles. The Labute approximate surface area is 85.1 Å². The van der Waals surface area contributed by atoms with Gasteiger partial charge in [0.2, 0.25) is 0 Å². The maximum Gasteiger partial charge on any atom is 0.0408 e. The summed E-state index contributed by atoms with van der Waals surface area (Å²) < 4.78 is 0. The summed E-state index contributed by atoms with van der Waals surface area (Å²) in [5, 5.41) is 3.99. The fraction of sp³-hybridized carbons (Fsp3) is 0.455. The fourth-order valence-electron chi connectivity index (χ4n) is 1.45. The van der Waals surface area contributed by atoms with Crippen LogP contribution < -0.4 is 5.32 Å². The molecule has 0 saturated carbocycles. The molecule has 0 heterocycles. The summed E-state index contributed by atoms with van der Waals surface area (Å²) in [5.41, 5.74) is 1.41. The van der Waals surface area contributed by atoms with E-state index in [-0.39, 0.29) is 5.41 Å². The normalized spacial score (nSPS) is 11.7. The van der Waals surface area contributed by atoms with Crippen molar-refractivity contribution >= 4 is 11.6 Å². The van der Waals surface area contributed by atoms with Gasteiger partial charge in [-0.25, -0.2) is 0 Å². The lowest BCUT2D eigenvalue weighted by Gasteiger charge is -2.24. The second-order valence-electron chi connectivity index (χ2n) is 3.92. The predicted molar refractivity (Wildman–Crippen MR) is 58.4 cm³/mol. The van der Waals surface area contributed by atoms with Crippen LogP contribution >= 0.6 is 11.6 Å². The van der Waals surface area contributed by atoms with Crippen molar-refractivity contribution in [2.75, 3.05) is 13.6 Å². The SMILES string of the molecule is CNCC(C)(C)c1cccc(Cl)c1. The zero-order valence-electron chi connectivity index (χ0n) is 8.39. The molecule has 0 aliphatic rings. The van der Waals surface area contributed by atoms with Crippen LogP contribution in [-0.4, -0.2) is 13.6 Å². The van der Waals surface area contributed by atoms with Gasteiger partial charge in [0.1, 0.15) is 0 Å². The molecule has 0 saturated heterocycles. The highest BCUT2D eigenvalue weighted by Crippen LogP contribution is 2.24. The topological polar surface area (TPSA) is 12.0 Å². The Morgan fingerprint density at radius 2 is 2.08 bits per heavy atom. The highest BCUT2D eigenvalue weighted by molar-refractivity contribution is 6.30. The van der Waals surface area contributed by atoms with Crippen molar-refractivity contribution in [3.63, 3.8) is 0 Å². The molecule has 0 radical (unpaired) electrons. The third-order valence-electron chi connectivity index (χ3n) is 2.22. The van der Waals surface area contributed by atoms with Crippen molar-refractivity contribution in [3.05, 3.63) is 34.9 Å². The molecule has 1 aromatic rings. The molecule has 0 fully saturated rings. The lowest BCUT2D eigenvalue weighted by molar-refractivity contribution is 0.494.